The van der Waals surface area contributed by atoms with Gasteiger partial charge in [0.15, 0.2) is 0 Å². The van der Waals surface area contributed by atoms with Gasteiger partial charge in [-0.3, -0.25) is 4.79 Å². The molecule has 0 saturated carbocycles. The van der Waals surface area contributed by atoms with Gasteiger partial charge in [0.2, 0.25) is 0 Å². The summed E-state index contributed by atoms with van der Waals surface area (Å²) in [7, 11) is 0. The number of rotatable bonds is 7. The molecule has 1 aromatic heterocycles. The van der Waals surface area contributed by atoms with Crippen molar-refractivity contribution in [1.82, 2.24) is 9.78 Å². The molecule has 0 unspecified atom stereocenters. The molecule has 2 aromatic rings. The molecule has 2 rings (SSSR count). The van der Waals surface area contributed by atoms with E-state index >= 15 is 0 Å². The molecule has 0 saturated heterocycles. The molecule has 2 N–H and O–H groups in total. The number of aromatic nitrogens is 2. The van der Waals surface area contributed by atoms with Crippen molar-refractivity contribution in [3.63, 3.8) is 0 Å². The average molecular weight is 379 g/mol. The normalized spacial score (nSPS) is 10.7. The summed E-state index contributed by atoms with van der Waals surface area (Å²) < 4.78 is 1.62. The minimum Gasteiger partial charge on any atom is -0.367 e. The predicted octanol–water partition coefficient (Wildman–Crippen LogP) is 3.60. The third-order valence-corrected chi connectivity index (χ3v) is 4.45. The van der Waals surface area contributed by atoms with Crippen molar-refractivity contribution >= 4 is 18.1 Å². The molecule has 0 aliphatic rings. The zero-order valence-corrected chi connectivity index (χ0v) is 17.3. The second-order valence-electron chi connectivity index (χ2n) is 6.78. The highest BCUT2D eigenvalue weighted by Crippen LogP contribution is 2.26. The van der Waals surface area contributed by atoms with E-state index in [4.69, 9.17) is 10.8 Å². The van der Waals surface area contributed by atoms with Crippen LogP contribution in [0.2, 0.25) is 0 Å². The Kier molecular flexibility index (Phi) is 8.31. The number of halogens is 1. The number of benzene rings is 1. The quantitative estimate of drug-likeness (QED) is 0.799. The second-order valence-corrected chi connectivity index (χ2v) is 6.78. The number of hydrogen-bond acceptors (Lipinski definition) is 4. The molecule has 5 nitrogen and oxygen atoms in total. The molecule has 0 amide bonds. The highest BCUT2D eigenvalue weighted by molar-refractivity contribution is 5.85. The van der Waals surface area contributed by atoms with Gasteiger partial charge in [-0.2, -0.15) is 5.10 Å². The third kappa shape index (κ3) is 4.65. The smallest absolute Gasteiger partial charge is 0.290 e. The van der Waals surface area contributed by atoms with Crippen molar-refractivity contribution in [2.45, 2.75) is 47.7 Å². The summed E-state index contributed by atoms with van der Waals surface area (Å²) >= 11 is 0. The van der Waals surface area contributed by atoms with Gasteiger partial charge >= 0.3 is 0 Å². The maximum Gasteiger partial charge on any atom is 0.290 e. The molecule has 0 aliphatic carbocycles. The van der Waals surface area contributed by atoms with Gasteiger partial charge in [0.25, 0.3) is 5.56 Å². The molecule has 6 heteroatoms. The van der Waals surface area contributed by atoms with Crippen LogP contribution < -0.4 is 16.2 Å². The Hall–Kier alpha value is -1.85. The Labute approximate surface area is 162 Å². The molecular formula is C20H31ClN4O. The lowest BCUT2D eigenvalue weighted by Gasteiger charge is -2.25. The van der Waals surface area contributed by atoms with E-state index in [9.17, 15) is 4.79 Å². The summed E-state index contributed by atoms with van der Waals surface area (Å²) in [6.45, 7) is 13.1. The van der Waals surface area contributed by atoms with Gasteiger partial charge in [0.1, 0.15) is 5.69 Å². The molecule has 144 valence electrons. The van der Waals surface area contributed by atoms with Crippen LogP contribution in [0.15, 0.2) is 29.1 Å². The average Bonchev–Trinajstić information content (AvgIpc) is 2.61. The predicted molar refractivity (Wildman–Crippen MR) is 112 cm³/mol. The fourth-order valence-electron chi connectivity index (χ4n) is 3.09. The fraction of sp³-hybridized carbons (Fsp3) is 0.500. The Morgan fingerprint density at radius 3 is 2.19 bits per heavy atom. The summed E-state index contributed by atoms with van der Waals surface area (Å²) in [5.74, 6) is 0.352. The Morgan fingerprint density at radius 1 is 1.15 bits per heavy atom. The molecular weight excluding hydrogens is 348 g/mol. The first-order chi connectivity index (χ1) is 11.9. The van der Waals surface area contributed by atoms with E-state index in [0.29, 0.717) is 19.0 Å². The van der Waals surface area contributed by atoms with Crippen LogP contribution in [0.3, 0.4) is 0 Å². The Balaban J connectivity index is 0.00000338. The topological polar surface area (TPSA) is 64.2 Å². The van der Waals surface area contributed by atoms with Crippen molar-refractivity contribution in [2.75, 3.05) is 18.0 Å². The van der Waals surface area contributed by atoms with E-state index in [1.165, 1.54) is 0 Å². The second kappa shape index (κ2) is 9.74. The van der Waals surface area contributed by atoms with Crippen LogP contribution in [-0.4, -0.2) is 22.9 Å². The zero-order chi connectivity index (χ0) is 18.6. The number of hydrogen-bond donors (Lipinski definition) is 1. The van der Waals surface area contributed by atoms with E-state index in [1.54, 1.807) is 4.68 Å². The SMILES string of the molecule is CCN(CC)c1c(C)c(-c2ccc(CN)cc2)nn(CC(C)C)c1=O.Cl. The summed E-state index contributed by atoms with van der Waals surface area (Å²) in [5, 5.41) is 4.70. The lowest BCUT2D eigenvalue weighted by atomic mass is 10.0. The van der Waals surface area contributed by atoms with Gasteiger partial charge in [-0.05, 0) is 32.3 Å². The standard InChI is InChI=1S/C20H30N4O.ClH/c1-6-23(7-2)19-15(5)18(17-10-8-16(12-21)9-11-17)22-24(20(19)25)13-14(3)4;/h8-11,14H,6-7,12-13,21H2,1-5H3;1H. The monoisotopic (exact) mass is 378 g/mol. The summed E-state index contributed by atoms with van der Waals surface area (Å²) in [4.78, 5) is 15.1. The van der Waals surface area contributed by atoms with E-state index in [-0.39, 0.29) is 18.0 Å². The van der Waals surface area contributed by atoms with Crippen molar-refractivity contribution in [1.29, 1.82) is 0 Å². The van der Waals surface area contributed by atoms with Crippen molar-refractivity contribution < 1.29 is 0 Å². The van der Waals surface area contributed by atoms with Crippen LogP contribution in [-0.2, 0) is 13.1 Å². The number of anilines is 1. The lowest BCUT2D eigenvalue weighted by Crippen LogP contribution is -2.35. The maximum absolute atomic E-state index is 13.0. The summed E-state index contributed by atoms with van der Waals surface area (Å²) in [6, 6.07) is 8.11. The first kappa shape index (κ1) is 22.2. The Morgan fingerprint density at radius 2 is 1.73 bits per heavy atom. The fourth-order valence-corrected chi connectivity index (χ4v) is 3.09. The van der Waals surface area contributed by atoms with Crippen LogP contribution in [0.25, 0.3) is 11.3 Å². The van der Waals surface area contributed by atoms with Crippen molar-refractivity contribution in [3.8, 4) is 11.3 Å². The highest BCUT2D eigenvalue weighted by Gasteiger charge is 2.19. The molecule has 0 atom stereocenters. The van der Waals surface area contributed by atoms with Crippen LogP contribution in [0.4, 0.5) is 5.69 Å². The van der Waals surface area contributed by atoms with Gasteiger partial charge in [0, 0.05) is 37.3 Å². The van der Waals surface area contributed by atoms with Crippen LogP contribution >= 0.6 is 12.4 Å². The van der Waals surface area contributed by atoms with Crippen molar-refractivity contribution in [2.24, 2.45) is 11.7 Å². The highest BCUT2D eigenvalue weighted by atomic mass is 35.5. The summed E-state index contributed by atoms with van der Waals surface area (Å²) in [6.07, 6.45) is 0. The lowest BCUT2D eigenvalue weighted by molar-refractivity contribution is 0.464. The van der Waals surface area contributed by atoms with Gasteiger partial charge in [0.05, 0.1) is 5.69 Å². The van der Waals surface area contributed by atoms with Gasteiger partial charge in [-0.15, -0.1) is 12.4 Å². The molecule has 0 bridgehead atoms. The molecule has 0 fully saturated rings. The maximum atomic E-state index is 13.0. The third-order valence-electron chi connectivity index (χ3n) is 4.45. The molecule has 0 radical (unpaired) electrons. The van der Waals surface area contributed by atoms with Crippen LogP contribution in [0.5, 0.6) is 0 Å². The molecule has 0 aliphatic heterocycles. The zero-order valence-electron chi connectivity index (χ0n) is 16.5. The Bertz CT molecular complexity index is 765. The first-order valence-corrected chi connectivity index (χ1v) is 9.08. The van der Waals surface area contributed by atoms with E-state index in [0.717, 1.165) is 41.2 Å². The number of nitrogens with two attached hydrogens (primary N) is 1. The number of nitrogens with zero attached hydrogens (tertiary/aromatic N) is 3. The van der Waals surface area contributed by atoms with E-state index in [2.05, 4.69) is 32.6 Å². The summed E-state index contributed by atoms with van der Waals surface area (Å²) in [5.41, 5.74) is 10.4. The van der Waals surface area contributed by atoms with Gasteiger partial charge in [-0.25, -0.2) is 4.68 Å². The minimum atomic E-state index is -0.00257. The largest absolute Gasteiger partial charge is 0.367 e. The van der Waals surface area contributed by atoms with E-state index in [1.807, 2.05) is 31.2 Å². The first-order valence-electron chi connectivity index (χ1n) is 9.08. The molecule has 26 heavy (non-hydrogen) atoms. The molecule has 1 aromatic carbocycles. The van der Waals surface area contributed by atoms with Gasteiger partial charge < -0.3 is 10.6 Å². The minimum absolute atomic E-state index is 0. The molecule has 0 spiro atoms. The van der Waals surface area contributed by atoms with Crippen LogP contribution in [0, 0.1) is 12.8 Å². The van der Waals surface area contributed by atoms with Crippen molar-refractivity contribution in [3.05, 3.63) is 45.7 Å². The van der Waals surface area contributed by atoms with Crippen LogP contribution in [0.1, 0.15) is 38.8 Å². The molecule has 1 heterocycles. The van der Waals surface area contributed by atoms with Gasteiger partial charge in [-0.1, -0.05) is 38.1 Å². The van der Waals surface area contributed by atoms with E-state index < -0.39 is 0 Å².